The topological polar surface area (TPSA) is 12.0 Å². The molecule has 0 bridgehead atoms. The summed E-state index contributed by atoms with van der Waals surface area (Å²) < 4.78 is 0. The van der Waals surface area contributed by atoms with E-state index in [1.54, 1.807) is 0 Å². The van der Waals surface area contributed by atoms with Crippen molar-refractivity contribution in [1.82, 2.24) is 5.32 Å². The lowest BCUT2D eigenvalue weighted by Crippen LogP contribution is -2.18. The highest BCUT2D eigenvalue weighted by molar-refractivity contribution is 5.29. The number of hydrogen-bond donors (Lipinski definition) is 1. The summed E-state index contributed by atoms with van der Waals surface area (Å²) in [5.41, 5.74) is 3.04. The highest BCUT2D eigenvalue weighted by atomic mass is 14.9. The monoisotopic (exact) mass is 233 g/mol. The maximum Gasteiger partial charge on any atom is 0.0319 e. The third kappa shape index (κ3) is 4.16. The summed E-state index contributed by atoms with van der Waals surface area (Å²) in [6.45, 7) is 11.3. The first-order valence-corrected chi connectivity index (χ1v) is 6.62. The van der Waals surface area contributed by atoms with Gasteiger partial charge in [0.1, 0.15) is 0 Å². The van der Waals surface area contributed by atoms with Gasteiger partial charge in [-0.05, 0) is 35.9 Å². The van der Waals surface area contributed by atoms with Crippen LogP contribution in [0.4, 0.5) is 0 Å². The fourth-order valence-corrected chi connectivity index (χ4v) is 2.11. The van der Waals surface area contributed by atoms with Gasteiger partial charge >= 0.3 is 0 Å². The van der Waals surface area contributed by atoms with Crippen LogP contribution in [0.1, 0.15) is 58.2 Å². The molecule has 1 unspecified atom stereocenters. The molecule has 0 saturated carbocycles. The minimum atomic E-state index is 0.242. The number of benzene rings is 1. The van der Waals surface area contributed by atoms with E-state index in [9.17, 15) is 0 Å². The normalized spacial score (nSPS) is 14.1. The molecule has 0 amide bonds. The molecule has 0 spiro atoms. The van der Waals surface area contributed by atoms with E-state index in [4.69, 9.17) is 0 Å². The molecule has 0 aliphatic rings. The Bertz CT molecular complexity index is 330. The Morgan fingerprint density at radius 3 is 1.94 bits per heavy atom. The van der Waals surface area contributed by atoms with Crippen LogP contribution < -0.4 is 5.32 Å². The van der Waals surface area contributed by atoms with E-state index in [0.29, 0.717) is 6.04 Å². The van der Waals surface area contributed by atoms with Gasteiger partial charge in [0.15, 0.2) is 0 Å². The zero-order valence-electron chi connectivity index (χ0n) is 12.2. The molecular formula is C16H27N. The molecule has 1 aromatic rings. The zero-order chi connectivity index (χ0) is 13.1. The Kier molecular flexibility index (Phi) is 4.76. The second-order valence-electron chi connectivity index (χ2n) is 6.34. The van der Waals surface area contributed by atoms with Crippen LogP contribution in [0.15, 0.2) is 24.3 Å². The van der Waals surface area contributed by atoms with Crippen LogP contribution in [-0.2, 0) is 5.41 Å². The zero-order valence-corrected chi connectivity index (χ0v) is 12.2. The second kappa shape index (κ2) is 5.68. The lowest BCUT2D eigenvalue weighted by atomic mass is 9.85. The molecule has 0 heterocycles. The average molecular weight is 233 g/mol. The first kappa shape index (κ1) is 14.2. The van der Waals surface area contributed by atoms with Crippen molar-refractivity contribution in [2.75, 3.05) is 7.05 Å². The van der Waals surface area contributed by atoms with Crippen molar-refractivity contribution < 1.29 is 0 Å². The van der Waals surface area contributed by atoms with E-state index < -0.39 is 0 Å². The summed E-state index contributed by atoms with van der Waals surface area (Å²) in [6.07, 6.45) is 1.19. The minimum Gasteiger partial charge on any atom is -0.313 e. The van der Waals surface area contributed by atoms with Gasteiger partial charge in [0.05, 0.1) is 0 Å². The Labute approximate surface area is 107 Å². The predicted octanol–water partition coefficient (Wildman–Crippen LogP) is 4.29. The average Bonchev–Trinajstić information content (AvgIpc) is 2.24. The smallest absolute Gasteiger partial charge is 0.0319 e. The molecule has 0 aliphatic carbocycles. The van der Waals surface area contributed by atoms with E-state index in [-0.39, 0.29) is 5.41 Å². The molecule has 1 rings (SSSR count). The number of rotatable bonds is 4. The Morgan fingerprint density at radius 1 is 1.06 bits per heavy atom. The van der Waals surface area contributed by atoms with Crippen molar-refractivity contribution in [3.63, 3.8) is 0 Å². The standard InChI is InChI=1S/C16H27N/c1-12(2)11-15(17-6)13-7-9-14(10-8-13)16(3,4)5/h7-10,12,15,17H,11H2,1-6H3. The molecule has 0 radical (unpaired) electrons. The van der Waals surface area contributed by atoms with Gasteiger partial charge in [-0.25, -0.2) is 0 Å². The summed E-state index contributed by atoms with van der Waals surface area (Å²) >= 11 is 0. The van der Waals surface area contributed by atoms with Crippen LogP contribution >= 0.6 is 0 Å². The minimum absolute atomic E-state index is 0.242. The van der Waals surface area contributed by atoms with Crippen LogP contribution in [-0.4, -0.2) is 7.05 Å². The SMILES string of the molecule is CNC(CC(C)C)c1ccc(C(C)(C)C)cc1. The maximum absolute atomic E-state index is 3.41. The molecule has 1 N–H and O–H groups in total. The Balaban J connectivity index is 2.85. The molecule has 96 valence electrons. The highest BCUT2D eigenvalue weighted by Crippen LogP contribution is 2.26. The van der Waals surface area contributed by atoms with Gasteiger partial charge in [0.2, 0.25) is 0 Å². The van der Waals surface area contributed by atoms with Gasteiger partial charge < -0.3 is 5.32 Å². The lowest BCUT2D eigenvalue weighted by Gasteiger charge is -2.22. The van der Waals surface area contributed by atoms with Crippen molar-refractivity contribution in [1.29, 1.82) is 0 Å². The van der Waals surface area contributed by atoms with Gasteiger partial charge in [-0.1, -0.05) is 58.9 Å². The van der Waals surface area contributed by atoms with Crippen LogP contribution in [0, 0.1) is 5.92 Å². The molecule has 0 aliphatic heterocycles. The Hall–Kier alpha value is -0.820. The van der Waals surface area contributed by atoms with Gasteiger partial charge in [-0.2, -0.15) is 0 Å². The van der Waals surface area contributed by atoms with Crippen molar-refractivity contribution in [2.24, 2.45) is 5.92 Å². The van der Waals surface area contributed by atoms with E-state index in [0.717, 1.165) is 5.92 Å². The third-order valence-electron chi connectivity index (χ3n) is 3.23. The van der Waals surface area contributed by atoms with Gasteiger partial charge in [0.25, 0.3) is 0 Å². The quantitative estimate of drug-likeness (QED) is 0.818. The molecular weight excluding hydrogens is 206 g/mol. The van der Waals surface area contributed by atoms with Crippen LogP contribution in [0.25, 0.3) is 0 Å². The molecule has 0 fully saturated rings. The molecule has 1 nitrogen and oxygen atoms in total. The second-order valence-corrected chi connectivity index (χ2v) is 6.34. The highest BCUT2D eigenvalue weighted by Gasteiger charge is 2.15. The first-order valence-electron chi connectivity index (χ1n) is 6.62. The molecule has 17 heavy (non-hydrogen) atoms. The first-order chi connectivity index (χ1) is 7.84. The summed E-state index contributed by atoms with van der Waals surface area (Å²) in [5, 5.41) is 3.41. The lowest BCUT2D eigenvalue weighted by molar-refractivity contribution is 0.456. The van der Waals surface area contributed by atoms with E-state index in [1.807, 2.05) is 7.05 Å². The fraction of sp³-hybridized carbons (Fsp3) is 0.625. The van der Waals surface area contributed by atoms with Crippen LogP contribution in [0.5, 0.6) is 0 Å². The summed E-state index contributed by atoms with van der Waals surface area (Å²) in [7, 11) is 2.05. The van der Waals surface area contributed by atoms with Crippen molar-refractivity contribution in [2.45, 2.75) is 52.5 Å². The largest absolute Gasteiger partial charge is 0.313 e. The molecule has 1 heteroatoms. The fourth-order valence-electron chi connectivity index (χ4n) is 2.11. The molecule has 0 aromatic heterocycles. The van der Waals surface area contributed by atoms with E-state index in [1.165, 1.54) is 17.5 Å². The van der Waals surface area contributed by atoms with E-state index >= 15 is 0 Å². The maximum atomic E-state index is 3.41. The summed E-state index contributed by atoms with van der Waals surface area (Å²) in [5.74, 6) is 0.717. The van der Waals surface area contributed by atoms with Crippen molar-refractivity contribution >= 4 is 0 Å². The van der Waals surface area contributed by atoms with Crippen LogP contribution in [0.3, 0.4) is 0 Å². The van der Waals surface area contributed by atoms with E-state index in [2.05, 4.69) is 64.2 Å². The third-order valence-corrected chi connectivity index (χ3v) is 3.23. The van der Waals surface area contributed by atoms with Gasteiger partial charge in [-0.15, -0.1) is 0 Å². The number of hydrogen-bond acceptors (Lipinski definition) is 1. The van der Waals surface area contributed by atoms with Gasteiger partial charge in [0, 0.05) is 6.04 Å². The summed E-state index contributed by atoms with van der Waals surface area (Å²) in [4.78, 5) is 0. The van der Waals surface area contributed by atoms with Crippen LogP contribution in [0.2, 0.25) is 0 Å². The molecule has 1 atom stereocenters. The van der Waals surface area contributed by atoms with Crippen molar-refractivity contribution in [3.05, 3.63) is 35.4 Å². The predicted molar refractivity (Wildman–Crippen MR) is 76.4 cm³/mol. The molecule has 1 aromatic carbocycles. The number of nitrogens with one attached hydrogen (secondary N) is 1. The Morgan fingerprint density at radius 2 is 1.59 bits per heavy atom. The summed E-state index contributed by atoms with van der Waals surface area (Å²) in [6, 6.07) is 9.54. The van der Waals surface area contributed by atoms with Crippen molar-refractivity contribution in [3.8, 4) is 0 Å². The van der Waals surface area contributed by atoms with Gasteiger partial charge in [-0.3, -0.25) is 0 Å². The molecule has 0 saturated heterocycles.